The van der Waals surface area contributed by atoms with E-state index in [0.29, 0.717) is 12.5 Å². The number of carbonyl (C=O) groups excluding carboxylic acids is 1. The van der Waals surface area contributed by atoms with Gasteiger partial charge in [-0.25, -0.2) is 0 Å². The minimum Gasteiger partial charge on any atom is -0.493 e. The Kier molecular flexibility index (Phi) is 5.81. The maximum Gasteiger partial charge on any atom is 0.242 e. The Labute approximate surface area is 169 Å². The van der Waals surface area contributed by atoms with Gasteiger partial charge in [-0.15, -0.1) is 11.3 Å². The van der Waals surface area contributed by atoms with E-state index in [4.69, 9.17) is 4.74 Å². The molecule has 7 heteroatoms. The van der Waals surface area contributed by atoms with Gasteiger partial charge in [-0.05, 0) is 47.0 Å². The van der Waals surface area contributed by atoms with Crippen LogP contribution in [0.2, 0.25) is 0 Å². The first-order chi connectivity index (χ1) is 13.7. The van der Waals surface area contributed by atoms with E-state index < -0.39 is 0 Å². The zero-order valence-electron chi connectivity index (χ0n) is 16.2. The molecule has 0 radical (unpaired) electrons. The lowest BCUT2D eigenvalue weighted by Crippen LogP contribution is -2.46. The van der Waals surface area contributed by atoms with E-state index in [1.165, 1.54) is 21.6 Å². The number of nitrogens with one attached hydrogen (secondary N) is 2. The molecule has 1 amide bonds. The Hall–Kier alpha value is -2.54. The molecule has 0 saturated heterocycles. The summed E-state index contributed by atoms with van der Waals surface area (Å²) in [5, 5.41) is 8.54. The standard InChI is InChI=1S/C21H26N4O2S/c1-22-21(23-8-4-15-2-3-18-16(12-15)6-10-27-18)24-13-20(26)25-9-5-19-17(14-25)7-11-28-19/h2-3,7,11-12H,4-6,8-10,13-14H2,1H3,(H2,22,23,24). The first kappa shape index (κ1) is 18.8. The predicted octanol–water partition coefficient (Wildman–Crippen LogP) is 1.98. The molecule has 4 rings (SSSR count). The number of aliphatic imine (C=N–C) groups is 1. The van der Waals surface area contributed by atoms with Crippen molar-refractivity contribution in [3.8, 4) is 5.75 Å². The average molecular weight is 399 g/mol. The van der Waals surface area contributed by atoms with Gasteiger partial charge in [0.1, 0.15) is 5.75 Å². The summed E-state index contributed by atoms with van der Waals surface area (Å²) in [4.78, 5) is 20.1. The van der Waals surface area contributed by atoms with Gasteiger partial charge in [0.05, 0.1) is 13.2 Å². The first-order valence-electron chi connectivity index (χ1n) is 9.75. The summed E-state index contributed by atoms with van der Waals surface area (Å²) in [6.45, 7) is 3.31. The third kappa shape index (κ3) is 4.30. The van der Waals surface area contributed by atoms with Gasteiger partial charge in [0.25, 0.3) is 0 Å². The fraction of sp³-hybridized carbons (Fsp3) is 0.429. The highest BCUT2D eigenvalue weighted by Gasteiger charge is 2.21. The van der Waals surface area contributed by atoms with Crippen molar-refractivity contribution in [3.05, 3.63) is 51.2 Å². The smallest absolute Gasteiger partial charge is 0.242 e. The van der Waals surface area contributed by atoms with Crippen LogP contribution in [0, 0.1) is 0 Å². The van der Waals surface area contributed by atoms with Crippen molar-refractivity contribution >= 4 is 23.2 Å². The third-order valence-corrected chi connectivity index (χ3v) is 6.27. The fourth-order valence-corrected chi connectivity index (χ4v) is 4.56. The molecular weight excluding hydrogens is 372 g/mol. The predicted molar refractivity (Wildman–Crippen MR) is 112 cm³/mol. The van der Waals surface area contributed by atoms with Crippen molar-refractivity contribution in [2.45, 2.75) is 25.8 Å². The molecule has 3 heterocycles. The number of thiophene rings is 1. The Morgan fingerprint density at radius 2 is 2.18 bits per heavy atom. The summed E-state index contributed by atoms with van der Waals surface area (Å²) in [7, 11) is 1.73. The molecule has 0 spiro atoms. The zero-order chi connectivity index (χ0) is 19.3. The average Bonchev–Trinajstić information content (AvgIpc) is 3.38. The van der Waals surface area contributed by atoms with Crippen LogP contribution in [0.3, 0.4) is 0 Å². The summed E-state index contributed by atoms with van der Waals surface area (Å²) in [5.74, 6) is 1.78. The third-order valence-electron chi connectivity index (χ3n) is 5.25. The Morgan fingerprint density at radius 3 is 3.07 bits per heavy atom. The van der Waals surface area contributed by atoms with E-state index in [9.17, 15) is 4.79 Å². The van der Waals surface area contributed by atoms with Gasteiger partial charge < -0.3 is 20.3 Å². The molecule has 28 heavy (non-hydrogen) atoms. The molecule has 2 aliphatic heterocycles. The number of hydrogen-bond acceptors (Lipinski definition) is 4. The van der Waals surface area contributed by atoms with Gasteiger partial charge in [0, 0.05) is 38.0 Å². The van der Waals surface area contributed by atoms with Gasteiger partial charge in [-0.2, -0.15) is 0 Å². The first-order valence-corrected chi connectivity index (χ1v) is 10.6. The molecule has 6 nitrogen and oxygen atoms in total. The van der Waals surface area contributed by atoms with Crippen LogP contribution >= 0.6 is 11.3 Å². The van der Waals surface area contributed by atoms with E-state index in [1.54, 1.807) is 18.4 Å². The van der Waals surface area contributed by atoms with Crippen LogP contribution in [-0.4, -0.2) is 50.1 Å². The van der Waals surface area contributed by atoms with Crippen LogP contribution in [0.5, 0.6) is 5.75 Å². The van der Waals surface area contributed by atoms with Crippen LogP contribution in [0.4, 0.5) is 0 Å². The fourth-order valence-electron chi connectivity index (χ4n) is 3.67. The second kappa shape index (κ2) is 8.65. The van der Waals surface area contributed by atoms with Crippen LogP contribution in [0.1, 0.15) is 21.6 Å². The van der Waals surface area contributed by atoms with E-state index >= 15 is 0 Å². The molecule has 0 saturated carbocycles. The molecule has 0 atom stereocenters. The topological polar surface area (TPSA) is 66.0 Å². The lowest BCUT2D eigenvalue weighted by Gasteiger charge is -2.27. The van der Waals surface area contributed by atoms with E-state index in [1.807, 2.05) is 4.90 Å². The molecule has 0 unspecified atom stereocenters. The minimum atomic E-state index is 0.110. The van der Waals surface area contributed by atoms with Crippen molar-refractivity contribution in [3.63, 3.8) is 0 Å². The highest BCUT2D eigenvalue weighted by molar-refractivity contribution is 7.10. The lowest BCUT2D eigenvalue weighted by molar-refractivity contribution is -0.130. The number of fused-ring (bicyclic) bond motifs is 2. The summed E-state index contributed by atoms with van der Waals surface area (Å²) in [6.07, 6.45) is 2.85. The van der Waals surface area contributed by atoms with Crippen LogP contribution < -0.4 is 15.4 Å². The van der Waals surface area contributed by atoms with Crippen molar-refractivity contribution < 1.29 is 9.53 Å². The maximum absolute atomic E-state index is 12.5. The number of ether oxygens (including phenoxy) is 1. The van der Waals surface area contributed by atoms with Crippen LogP contribution in [-0.2, 0) is 30.6 Å². The molecule has 1 aromatic carbocycles. The number of carbonyl (C=O) groups is 1. The second-order valence-electron chi connectivity index (χ2n) is 7.08. The number of guanidine groups is 1. The molecule has 0 bridgehead atoms. The van der Waals surface area contributed by atoms with Crippen molar-refractivity contribution in [1.29, 1.82) is 0 Å². The summed E-state index contributed by atoms with van der Waals surface area (Å²) in [5.41, 5.74) is 3.86. The second-order valence-corrected chi connectivity index (χ2v) is 8.08. The SMILES string of the molecule is CN=C(NCCc1ccc2c(c1)CCO2)NCC(=O)N1CCc2sccc2C1. The minimum absolute atomic E-state index is 0.110. The number of benzene rings is 1. The largest absolute Gasteiger partial charge is 0.493 e. The molecule has 1 aromatic heterocycles. The Balaban J connectivity index is 1.21. The maximum atomic E-state index is 12.5. The molecule has 2 aromatic rings. The molecule has 0 fully saturated rings. The zero-order valence-corrected chi connectivity index (χ0v) is 17.0. The van der Waals surface area contributed by atoms with Gasteiger partial charge in [-0.1, -0.05) is 12.1 Å². The monoisotopic (exact) mass is 398 g/mol. The van der Waals surface area contributed by atoms with Crippen molar-refractivity contribution in [2.24, 2.45) is 4.99 Å². The molecule has 0 aliphatic carbocycles. The molecule has 148 valence electrons. The van der Waals surface area contributed by atoms with E-state index in [2.05, 4.69) is 45.3 Å². The Bertz CT molecular complexity index is 877. The summed E-state index contributed by atoms with van der Waals surface area (Å²) in [6, 6.07) is 8.51. The number of amides is 1. The number of nitrogens with zero attached hydrogens (tertiary/aromatic N) is 2. The van der Waals surface area contributed by atoms with E-state index in [0.717, 1.165) is 44.7 Å². The highest BCUT2D eigenvalue weighted by Crippen LogP contribution is 2.26. The van der Waals surface area contributed by atoms with E-state index in [-0.39, 0.29) is 12.5 Å². The van der Waals surface area contributed by atoms with Crippen molar-refractivity contribution in [2.75, 3.05) is 33.3 Å². The summed E-state index contributed by atoms with van der Waals surface area (Å²) < 4.78 is 5.55. The van der Waals surface area contributed by atoms with Crippen molar-refractivity contribution in [1.82, 2.24) is 15.5 Å². The van der Waals surface area contributed by atoms with Gasteiger partial charge in [0.15, 0.2) is 5.96 Å². The molecular formula is C21H26N4O2S. The summed E-state index contributed by atoms with van der Waals surface area (Å²) >= 11 is 1.78. The van der Waals surface area contributed by atoms with Gasteiger partial charge >= 0.3 is 0 Å². The normalized spacial score (nSPS) is 15.6. The van der Waals surface area contributed by atoms with Gasteiger partial charge in [0.2, 0.25) is 5.91 Å². The highest BCUT2D eigenvalue weighted by atomic mass is 32.1. The quantitative estimate of drug-likeness (QED) is 0.597. The van der Waals surface area contributed by atoms with Crippen LogP contribution in [0.15, 0.2) is 34.6 Å². The Morgan fingerprint density at radius 1 is 1.25 bits per heavy atom. The van der Waals surface area contributed by atoms with Gasteiger partial charge in [-0.3, -0.25) is 9.79 Å². The van der Waals surface area contributed by atoms with Crippen LogP contribution in [0.25, 0.3) is 0 Å². The molecule has 2 aliphatic rings. The molecule has 2 N–H and O–H groups in total. The number of hydrogen-bond donors (Lipinski definition) is 2. The lowest BCUT2D eigenvalue weighted by atomic mass is 10.1. The number of rotatable bonds is 5.